The minimum atomic E-state index is -0.261. The molecule has 0 radical (unpaired) electrons. The van der Waals surface area contributed by atoms with Crippen molar-refractivity contribution in [2.75, 3.05) is 61.5 Å². The third kappa shape index (κ3) is 6.98. The van der Waals surface area contributed by atoms with Crippen LogP contribution in [0.5, 0.6) is 0 Å². The van der Waals surface area contributed by atoms with Crippen molar-refractivity contribution in [1.82, 2.24) is 39.8 Å². The standard InChI is InChI=1S/C37H46BrN11O3/c1-23(2)49-30-18-32(41-31-8-11-39-37(42-31)47-12-9-26(52-3)10-13-47)40-19-27(30)35(44-49)46-16-14-45(15-17-46)20-25-5-4-24-21-48(22-28(24)34(25)38)29-6-7-33(50)43-36(29)51/h4-5,8,11,18-19,23,26,29H,6-7,9-10,12-17,20-22H2,1-3H3,(H,43,50,51)(H,39,40,41,42). The van der Waals surface area contributed by atoms with E-state index in [1.807, 2.05) is 12.3 Å². The molecule has 1 unspecified atom stereocenters. The minimum Gasteiger partial charge on any atom is -0.381 e. The first-order chi connectivity index (χ1) is 25.2. The van der Waals surface area contributed by atoms with Crippen LogP contribution in [0.15, 0.2) is 41.1 Å². The number of benzene rings is 1. The third-order valence-corrected chi connectivity index (χ3v) is 11.9. The molecule has 4 aromatic rings. The van der Waals surface area contributed by atoms with Crippen molar-refractivity contribution in [3.8, 4) is 0 Å². The molecule has 3 aromatic heterocycles. The van der Waals surface area contributed by atoms with Crippen molar-refractivity contribution in [3.05, 3.63) is 57.8 Å². The van der Waals surface area contributed by atoms with Crippen LogP contribution in [-0.2, 0) is 34.0 Å². The van der Waals surface area contributed by atoms with Gasteiger partial charge in [-0.25, -0.2) is 9.97 Å². The molecule has 15 heteroatoms. The summed E-state index contributed by atoms with van der Waals surface area (Å²) in [6.07, 6.45) is 6.93. The number of carbonyl (C=O) groups excluding carboxylic acids is 2. The summed E-state index contributed by atoms with van der Waals surface area (Å²) >= 11 is 3.92. The second-order valence-corrected chi connectivity index (χ2v) is 15.3. The predicted octanol–water partition coefficient (Wildman–Crippen LogP) is 4.37. The van der Waals surface area contributed by atoms with E-state index < -0.39 is 0 Å². The first kappa shape index (κ1) is 34.9. The van der Waals surface area contributed by atoms with Crippen LogP contribution in [0, 0.1) is 0 Å². The van der Waals surface area contributed by atoms with Crippen LogP contribution in [-0.4, -0.2) is 105 Å². The number of halogens is 1. The Labute approximate surface area is 312 Å². The van der Waals surface area contributed by atoms with E-state index in [0.717, 1.165) is 86.4 Å². The van der Waals surface area contributed by atoms with E-state index in [2.05, 4.69) is 87.9 Å². The fraction of sp³-hybridized carbons (Fsp3) is 0.514. The minimum absolute atomic E-state index is 0.176. The molecule has 52 heavy (non-hydrogen) atoms. The zero-order chi connectivity index (χ0) is 35.9. The van der Waals surface area contributed by atoms with Crippen LogP contribution >= 0.6 is 15.9 Å². The number of fused-ring (bicyclic) bond motifs is 2. The highest BCUT2D eigenvalue weighted by Crippen LogP contribution is 2.36. The van der Waals surface area contributed by atoms with Crippen molar-refractivity contribution < 1.29 is 14.3 Å². The number of amides is 2. The lowest BCUT2D eigenvalue weighted by Crippen LogP contribution is -2.50. The Morgan fingerprint density at radius 3 is 2.54 bits per heavy atom. The van der Waals surface area contributed by atoms with Gasteiger partial charge in [0.1, 0.15) is 11.6 Å². The number of aromatic nitrogens is 5. The zero-order valence-corrected chi connectivity index (χ0v) is 31.6. The topological polar surface area (TPSA) is 137 Å². The number of nitrogens with zero attached hydrogens (tertiary/aromatic N) is 9. The Hall–Kier alpha value is -4.18. The number of imide groups is 1. The van der Waals surface area contributed by atoms with Crippen molar-refractivity contribution in [2.45, 2.75) is 77.4 Å². The number of ether oxygens (including phenoxy) is 1. The summed E-state index contributed by atoms with van der Waals surface area (Å²) in [7, 11) is 1.78. The maximum atomic E-state index is 12.5. The molecule has 0 aliphatic carbocycles. The number of piperidine rings is 2. The number of anilines is 4. The molecule has 1 aromatic carbocycles. The third-order valence-electron chi connectivity index (χ3n) is 10.9. The second kappa shape index (κ2) is 14.7. The molecule has 0 saturated carbocycles. The summed E-state index contributed by atoms with van der Waals surface area (Å²) in [5.74, 6) is 2.76. The second-order valence-electron chi connectivity index (χ2n) is 14.5. The number of hydrogen-bond donors (Lipinski definition) is 2. The molecule has 3 fully saturated rings. The molecule has 2 N–H and O–H groups in total. The largest absolute Gasteiger partial charge is 0.381 e. The fourth-order valence-corrected chi connectivity index (χ4v) is 8.58. The fourth-order valence-electron chi connectivity index (χ4n) is 7.94. The van der Waals surface area contributed by atoms with Crippen molar-refractivity contribution in [2.24, 2.45) is 0 Å². The maximum Gasteiger partial charge on any atom is 0.243 e. The van der Waals surface area contributed by atoms with Gasteiger partial charge >= 0.3 is 0 Å². The SMILES string of the molecule is COC1CCN(c2nccc(Nc3cc4c(cn3)c(N3CCN(Cc5ccc6c(c5Br)CN(C5CCC(=O)NC5=O)C6)CC3)nn4C(C)C)n2)CC1. The van der Waals surface area contributed by atoms with Gasteiger partial charge in [0.05, 0.1) is 23.0 Å². The first-order valence-corrected chi connectivity index (χ1v) is 19.1. The average Bonchev–Trinajstić information content (AvgIpc) is 3.76. The van der Waals surface area contributed by atoms with E-state index in [4.69, 9.17) is 19.8 Å². The number of nitrogens with one attached hydrogen (secondary N) is 2. The Morgan fingerprint density at radius 1 is 0.981 bits per heavy atom. The van der Waals surface area contributed by atoms with Gasteiger partial charge in [0.15, 0.2) is 5.82 Å². The summed E-state index contributed by atoms with van der Waals surface area (Å²) < 4.78 is 8.75. The van der Waals surface area contributed by atoms with Gasteiger partial charge in [-0.15, -0.1) is 0 Å². The molecule has 2 amide bonds. The zero-order valence-electron chi connectivity index (χ0n) is 30.0. The number of pyridine rings is 1. The molecule has 4 aliphatic heterocycles. The number of methoxy groups -OCH3 is 1. The first-order valence-electron chi connectivity index (χ1n) is 18.3. The lowest BCUT2D eigenvalue weighted by Gasteiger charge is -2.35. The average molecular weight is 773 g/mol. The lowest BCUT2D eigenvalue weighted by molar-refractivity contribution is -0.137. The van der Waals surface area contributed by atoms with Crippen LogP contribution < -0.4 is 20.4 Å². The van der Waals surface area contributed by atoms with Crippen molar-refractivity contribution in [1.29, 1.82) is 0 Å². The molecule has 7 heterocycles. The van der Waals surface area contributed by atoms with E-state index in [1.54, 1.807) is 13.3 Å². The molecule has 8 rings (SSSR count). The maximum absolute atomic E-state index is 12.5. The van der Waals surface area contributed by atoms with Crippen LogP contribution in [0.2, 0.25) is 0 Å². The summed E-state index contributed by atoms with van der Waals surface area (Å²) in [5, 5.41) is 12.1. The van der Waals surface area contributed by atoms with Crippen molar-refractivity contribution in [3.63, 3.8) is 0 Å². The molecule has 3 saturated heterocycles. The van der Waals surface area contributed by atoms with Gasteiger partial charge in [0, 0.05) is 101 Å². The molecule has 0 spiro atoms. The summed E-state index contributed by atoms with van der Waals surface area (Å²) in [6, 6.07) is 8.28. The van der Waals surface area contributed by atoms with E-state index >= 15 is 0 Å². The highest BCUT2D eigenvalue weighted by Gasteiger charge is 2.36. The van der Waals surface area contributed by atoms with Gasteiger partial charge in [-0.05, 0) is 55.9 Å². The van der Waals surface area contributed by atoms with Gasteiger partial charge in [-0.2, -0.15) is 10.1 Å². The molecular formula is C37H46BrN11O3. The Balaban J connectivity index is 0.920. The quantitative estimate of drug-likeness (QED) is 0.234. The van der Waals surface area contributed by atoms with Crippen LogP contribution in [0.4, 0.5) is 23.4 Å². The molecule has 4 aliphatic rings. The molecule has 14 nitrogen and oxygen atoms in total. The summed E-state index contributed by atoms with van der Waals surface area (Å²) in [5.41, 5.74) is 4.78. The van der Waals surface area contributed by atoms with Gasteiger partial charge in [-0.3, -0.25) is 29.4 Å². The Bertz CT molecular complexity index is 1970. The summed E-state index contributed by atoms with van der Waals surface area (Å²) in [6.45, 7) is 11.9. The number of carbonyl (C=O) groups is 2. The number of hydrogen-bond acceptors (Lipinski definition) is 12. The highest BCUT2D eigenvalue weighted by molar-refractivity contribution is 9.10. The van der Waals surface area contributed by atoms with Crippen LogP contribution in [0.1, 0.15) is 62.3 Å². The number of rotatable bonds is 9. The lowest BCUT2D eigenvalue weighted by atomic mass is 10.0. The van der Waals surface area contributed by atoms with Crippen LogP contribution in [0.3, 0.4) is 0 Å². The van der Waals surface area contributed by atoms with Crippen molar-refractivity contribution >= 4 is 62.0 Å². The normalized spacial score (nSPS) is 20.6. The van der Waals surface area contributed by atoms with Gasteiger partial charge < -0.3 is 19.9 Å². The van der Waals surface area contributed by atoms with Gasteiger partial charge in [0.25, 0.3) is 0 Å². The van der Waals surface area contributed by atoms with E-state index in [-0.39, 0.29) is 23.9 Å². The van der Waals surface area contributed by atoms with Gasteiger partial charge in [-0.1, -0.05) is 28.1 Å². The van der Waals surface area contributed by atoms with E-state index in [0.29, 0.717) is 43.1 Å². The Kier molecular flexibility index (Phi) is 9.85. The predicted molar refractivity (Wildman–Crippen MR) is 203 cm³/mol. The molecule has 0 bridgehead atoms. The highest BCUT2D eigenvalue weighted by atomic mass is 79.9. The van der Waals surface area contributed by atoms with Crippen LogP contribution in [0.25, 0.3) is 10.9 Å². The van der Waals surface area contributed by atoms with Gasteiger partial charge in [0.2, 0.25) is 17.8 Å². The smallest absolute Gasteiger partial charge is 0.243 e. The monoisotopic (exact) mass is 771 g/mol. The molecule has 274 valence electrons. The summed E-state index contributed by atoms with van der Waals surface area (Å²) in [4.78, 5) is 47.6. The molecular weight excluding hydrogens is 726 g/mol. The Morgan fingerprint density at radius 2 is 1.79 bits per heavy atom. The van der Waals surface area contributed by atoms with E-state index in [9.17, 15) is 9.59 Å². The molecule has 1 atom stereocenters. The number of piperazine rings is 1. The van der Waals surface area contributed by atoms with E-state index in [1.165, 1.54) is 16.7 Å².